The molecule has 1 aliphatic carbocycles. The highest BCUT2D eigenvalue weighted by molar-refractivity contribution is 5.35. The Hall–Kier alpha value is -2.50. The van der Waals surface area contributed by atoms with Crippen LogP contribution in [0.15, 0.2) is 84.9 Å². The molecule has 0 bridgehead atoms. The molecule has 0 spiro atoms. The minimum Gasteiger partial charge on any atom is -0.389 e. The van der Waals surface area contributed by atoms with Crippen molar-refractivity contribution in [2.24, 2.45) is 11.5 Å². The molecule has 3 unspecified atom stereocenters. The smallest absolute Gasteiger partial charge is 0.136 e. The maximum absolute atomic E-state index is 9.27. The Morgan fingerprint density at radius 3 is 1.87 bits per heavy atom. The van der Waals surface area contributed by atoms with Crippen molar-refractivity contribution >= 4 is 0 Å². The highest BCUT2D eigenvalue weighted by Gasteiger charge is 2.26. The van der Waals surface area contributed by atoms with Crippen LogP contribution in [0.4, 0.5) is 0 Å². The van der Waals surface area contributed by atoms with E-state index in [1.807, 2.05) is 48.5 Å². The van der Waals surface area contributed by atoms with Crippen LogP contribution in [0.3, 0.4) is 0 Å². The van der Waals surface area contributed by atoms with Gasteiger partial charge in [0.25, 0.3) is 0 Å². The third-order valence-electron chi connectivity index (χ3n) is 5.42. The van der Waals surface area contributed by atoms with E-state index >= 15 is 0 Å². The molecule has 3 aromatic carbocycles. The molecule has 0 fully saturated rings. The van der Waals surface area contributed by atoms with Crippen LogP contribution in [0.5, 0.6) is 0 Å². The number of aliphatic hydroxyl groups excluding tert-OH is 1. The van der Waals surface area contributed by atoms with Gasteiger partial charge in [0, 0.05) is 5.54 Å². The summed E-state index contributed by atoms with van der Waals surface area (Å²) in [6.45, 7) is 5.45. The number of benzene rings is 3. The lowest BCUT2D eigenvalue weighted by atomic mass is 9.79. The summed E-state index contributed by atoms with van der Waals surface area (Å²) < 4.78 is 0. The first-order valence-electron chi connectivity index (χ1n) is 10.8. The second-order valence-corrected chi connectivity index (χ2v) is 8.53. The Morgan fingerprint density at radius 1 is 0.903 bits per heavy atom. The van der Waals surface area contributed by atoms with E-state index in [0.717, 1.165) is 17.5 Å². The third kappa shape index (κ3) is 7.93. The second-order valence-electron chi connectivity index (χ2n) is 8.53. The van der Waals surface area contributed by atoms with Gasteiger partial charge in [-0.15, -0.1) is 0 Å². The summed E-state index contributed by atoms with van der Waals surface area (Å²) in [4.78, 5) is 0. The zero-order valence-electron chi connectivity index (χ0n) is 18.8. The lowest BCUT2D eigenvalue weighted by Crippen LogP contribution is -2.36. The fourth-order valence-electron chi connectivity index (χ4n) is 3.58. The first kappa shape index (κ1) is 24.8. The van der Waals surface area contributed by atoms with Crippen LogP contribution in [0.25, 0.3) is 0 Å². The van der Waals surface area contributed by atoms with E-state index < -0.39 is 5.72 Å². The standard InChI is InChI=1S/C11H15N.C8H11NO.C8H10O/c1-11(12)8-4-6-9-5-2-3-7-10(9)11;1-8(9,10)7-5-3-2-4-6-7;1-7(9)8-5-3-2-4-6-8/h2-3,5,7H,4,6,8,12H2,1H3;2-6,10H,9H2,1H3;2-7,9H,1H3. The maximum atomic E-state index is 9.27. The van der Waals surface area contributed by atoms with Crippen molar-refractivity contribution in [3.63, 3.8) is 0 Å². The number of hydrogen-bond donors (Lipinski definition) is 4. The van der Waals surface area contributed by atoms with Gasteiger partial charge in [0.15, 0.2) is 0 Å². The largest absolute Gasteiger partial charge is 0.389 e. The monoisotopic (exact) mass is 420 g/mol. The summed E-state index contributed by atoms with van der Waals surface area (Å²) >= 11 is 0. The van der Waals surface area contributed by atoms with Crippen molar-refractivity contribution in [3.05, 3.63) is 107 Å². The minimum absolute atomic E-state index is 0.0884. The predicted octanol–water partition coefficient (Wildman–Crippen LogP) is 4.75. The molecule has 3 atom stereocenters. The normalized spacial score (nSPS) is 20.0. The van der Waals surface area contributed by atoms with Gasteiger partial charge in [0.05, 0.1) is 6.10 Å². The van der Waals surface area contributed by atoms with Gasteiger partial charge in [-0.1, -0.05) is 84.9 Å². The van der Waals surface area contributed by atoms with Crippen molar-refractivity contribution in [1.29, 1.82) is 0 Å². The van der Waals surface area contributed by atoms with Crippen molar-refractivity contribution in [3.8, 4) is 0 Å². The number of aryl methyl sites for hydroxylation is 1. The number of rotatable bonds is 2. The minimum atomic E-state index is -1.21. The average molecular weight is 421 g/mol. The van der Waals surface area contributed by atoms with Crippen LogP contribution in [-0.2, 0) is 17.7 Å². The molecule has 0 radical (unpaired) electrons. The summed E-state index contributed by atoms with van der Waals surface area (Å²) in [7, 11) is 0. The van der Waals surface area contributed by atoms with Gasteiger partial charge in [0.2, 0.25) is 0 Å². The number of fused-ring (bicyclic) bond motifs is 1. The van der Waals surface area contributed by atoms with Gasteiger partial charge in [-0.25, -0.2) is 0 Å². The first-order valence-corrected chi connectivity index (χ1v) is 10.8. The van der Waals surface area contributed by atoms with Crippen LogP contribution >= 0.6 is 0 Å². The van der Waals surface area contributed by atoms with Crippen molar-refractivity contribution in [1.82, 2.24) is 0 Å². The fraction of sp³-hybridized carbons (Fsp3) is 0.333. The molecule has 4 heteroatoms. The lowest BCUT2D eigenvalue weighted by Gasteiger charge is -2.32. The second kappa shape index (κ2) is 11.2. The average Bonchev–Trinajstić information content (AvgIpc) is 2.75. The Balaban J connectivity index is 0.000000167. The van der Waals surface area contributed by atoms with E-state index in [2.05, 4.69) is 31.2 Å². The lowest BCUT2D eigenvalue weighted by molar-refractivity contribution is 0.0647. The Labute approximate surface area is 186 Å². The molecule has 4 nitrogen and oxygen atoms in total. The Bertz CT molecular complexity index is 901. The quantitative estimate of drug-likeness (QED) is 0.450. The highest BCUT2D eigenvalue weighted by Crippen LogP contribution is 2.32. The van der Waals surface area contributed by atoms with Crippen LogP contribution in [-0.4, -0.2) is 10.2 Å². The van der Waals surface area contributed by atoms with E-state index in [1.54, 1.807) is 26.0 Å². The molecule has 31 heavy (non-hydrogen) atoms. The molecule has 3 aromatic rings. The summed E-state index contributed by atoms with van der Waals surface area (Å²) in [5.41, 5.74) is 14.8. The Kier molecular flexibility index (Phi) is 8.96. The van der Waals surface area contributed by atoms with Crippen LogP contribution in [0.2, 0.25) is 0 Å². The van der Waals surface area contributed by atoms with Gasteiger partial charge in [0.1, 0.15) is 5.72 Å². The van der Waals surface area contributed by atoms with Crippen LogP contribution < -0.4 is 11.5 Å². The molecule has 0 aliphatic heterocycles. The van der Waals surface area contributed by atoms with Gasteiger partial charge >= 0.3 is 0 Å². The van der Waals surface area contributed by atoms with E-state index in [1.165, 1.54) is 24.0 Å². The maximum Gasteiger partial charge on any atom is 0.136 e. The van der Waals surface area contributed by atoms with Gasteiger partial charge in [-0.05, 0) is 62.3 Å². The Morgan fingerprint density at radius 2 is 1.42 bits per heavy atom. The summed E-state index contributed by atoms with van der Waals surface area (Å²) in [5, 5.41) is 18.3. The van der Waals surface area contributed by atoms with Crippen molar-refractivity contribution in [2.75, 3.05) is 0 Å². The molecule has 0 aromatic heterocycles. The molecule has 0 saturated carbocycles. The molecule has 6 N–H and O–H groups in total. The van der Waals surface area contributed by atoms with E-state index in [4.69, 9.17) is 16.6 Å². The molecule has 0 amide bonds. The summed E-state index contributed by atoms with van der Waals surface area (Å²) in [6, 6.07) is 27.3. The molecule has 166 valence electrons. The van der Waals surface area contributed by atoms with Crippen LogP contribution in [0.1, 0.15) is 62.0 Å². The zero-order chi connectivity index (χ0) is 22.9. The summed E-state index contributed by atoms with van der Waals surface area (Å²) in [5.74, 6) is 0. The molecular formula is C27H36N2O2. The molecule has 1 aliphatic rings. The van der Waals surface area contributed by atoms with E-state index in [-0.39, 0.29) is 11.6 Å². The summed E-state index contributed by atoms with van der Waals surface area (Å²) in [6.07, 6.45) is 3.20. The molecule has 0 heterocycles. The van der Waals surface area contributed by atoms with Gasteiger partial charge in [-0.2, -0.15) is 0 Å². The van der Waals surface area contributed by atoms with Gasteiger partial charge in [-0.3, -0.25) is 0 Å². The number of nitrogens with two attached hydrogens (primary N) is 2. The molecular weight excluding hydrogens is 384 g/mol. The number of hydrogen-bond acceptors (Lipinski definition) is 4. The van der Waals surface area contributed by atoms with Gasteiger partial charge < -0.3 is 21.7 Å². The number of aliphatic hydroxyl groups is 2. The van der Waals surface area contributed by atoms with Crippen molar-refractivity contribution in [2.45, 2.75) is 57.4 Å². The molecule has 4 rings (SSSR count). The SMILES string of the molecule is CC(N)(O)c1ccccc1.CC(O)c1ccccc1.CC1(N)CCCc2ccccc21. The first-order chi connectivity index (χ1) is 14.6. The zero-order valence-corrected chi connectivity index (χ0v) is 18.8. The van der Waals surface area contributed by atoms with E-state index in [0.29, 0.717) is 0 Å². The fourth-order valence-corrected chi connectivity index (χ4v) is 3.58. The predicted molar refractivity (Wildman–Crippen MR) is 128 cm³/mol. The van der Waals surface area contributed by atoms with E-state index in [9.17, 15) is 5.11 Å². The molecule has 0 saturated heterocycles. The highest BCUT2D eigenvalue weighted by atomic mass is 16.3. The van der Waals surface area contributed by atoms with Crippen molar-refractivity contribution < 1.29 is 10.2 Å². The topological polar surface area (TPSA) is 92.5 Å². The van der Waals surface area contributed by atoms with Crippen LogP contribution in [0, 0.1) is 0 Å². The third-order valence-corrected chi connectivity index (χ3v) is 5.42.